The van der Waals surface area contributed by atoms with E-state index in [1.54, 1.807) is 17.5 Å². The van der Waals surface area contributed by atoms with Crippen LogP contribution in [0.3, 0.4) is 0 Å². The molecule has 0 saturated carbocycles. The van der Waals surface area contributed by atoms with Gasteiger partial charge in [0, 0.05) is 39.3 Å². The average molecular weight is 428 g/mol. The van der Waals surface area contributed by atoms with E-state index in [-0.39, 0.29) is 5.92 Å². The molecule has 0 spiro atoms. The van der Waals surface area contributed by atoms with Crippen molar-refractivity contribution in [2.45, 2.75) is 35.8 Å². The summed E-state index contributed by atoms with van der Waals surface area (Å²) < 4.78 is 43.6. The summed E-state index contributed by atoms with van der Waals surface area (Å²) in [5, 5.41) is 5.80. The van der Waals surface area contributed by atoms with E-state index in [1.165, 1.54) is 15.6 Å². The lowest BCUT2D eigenvalue weighted by molar-refractivity contribution is 0.0211. The van der Waals surface area contributed by atoms with Gasteiger partial charge >= 0.3 is 0 Å². The molecule has 8 nitrogen and oxygen atoms in total. The summed E-state index contributed by atoms with van der Waals surface area (Å²) in [6.45, 7) is 3.79. The molecule has 0 aromatic carbocycles. The molecule has 28 heavy (non-hydrogen) atoms. The van der Waals surface area contributed by atoms with Gasteiger partial charge in [-0.25, -0.2) is 8.42 Å². The molecule has 2 aromatic rings. The molecule has 0 bridgehead atoms. The molecule has 1 atom stereocenters. The van der Waals surface area contributed by atoms with Crippen LogP contribution in [0.2, 0.25) is 0 Å². The summed E-state index contributed by atoms with van der Waals surface area (Å²) >= 11 is 1.24. The van der Waals surface area contributed by atoms with Crippen LogP contribution in [0.25, 0.3) is 0 Å². The maximum absolute atomic E-state index is 12.6. The minimum atomic E-state index is -3.42. The third kappa shape index (κ3) is 4.62. The Hall–Kier alpha value is -1.33. The highest BCUT2D eigenvalue weighted by molar-refractivity contribution is 7.91. The molecule has 2 fully saturated rings. The van der Waals surface area contributed by atoms with E-state index in [1.807, 2.05) is 0 Å². The quantitative estimate of drug-likeness (QED) is 0.597. The second-order valence-electron chi connectivity index (χ2n) is 7.21. The summed E-state index contributed by atoms with van der Waals surface area (Å²) in [6, 6.07) is 3.39. The normalized spacial score (nSPS) is 22.1. The number of hydrogen-bond acceptors (Lipinski definition) is 8. The molecule has 2 saturated heterocycles. The molecule has 154 valence electrons. The molecule has 4 heterocycles. The first-order chi connectivity index (χ1) is 13.6. The van der Waals surface area contributed by atoms with Crippen LogP contribution in [-0.2, 0) is 25.9 Å². The fourth-order valence-electron chi connectivity index (χ4n) is 3.55. The van der Waals surface area contributed by atoms with Gasteiger partial charge in [-0.05, 0) is 36.6 Å². The Bertz CT molecular complexity index is 846. The molecule has 0 radical (unpaired) electrons. The fourth-order valence-corrected chi connectivity index (χ4v) is 6.19. The number of thiophene rings is 1. The highest BCUT2D eigenvalue weighted by Gasteiger charge is 2.36. The summed E-state index contributed by atoms with van der Waals surface area (Å²) in [4.78, 5) is 4.46. The van der Waals surface area contributed by atoms with Crippen LogP contribution >= 0.6 is 11.3 Å². The molecule has 10 heteroatoms. The van der Waals surface area contributed by atoms with Gasteiger partial charge in [-0.2, -0.15) is 9.29 Å². The minimum Gasteiger partial charge on any atom is -0.381 e. The van der Waals surface area contributed by atoms with E-state index in [0.717, 1.165) is 32.7 Å². The van der Waals surface area contributed by atoms with Crippen molar-refractivity contribution in [3.63, 3.8) is 0 Å². The zero-order valence-electron chi connectivity index (χ0n) is 15.7. The Morgan fingerprint density at radius 1 is 1.29 bits per heavy atom. The van der Waals surface area contributed by atoms with Crippen LogP contribution in [-0.4, -0.2) is 62.4 Å². The van der Waals surface area contributed by atoms with Gasteiger partial charge in [0.15, 0.2) is 5.82 Å². The van der Waals surface area contributed by atoms with Gasteiger partial charge < -0.3 is 14.0 Å². The van der Waals surface area contributed by atoms with E-state index < -0.39 is 10.0 Å². The van der Waals surface area contributed by atoms with E-state index in [9.17, 15) is 8.42 Å². The molecule has 0 amide bonds. The zero-order valence-corrected chi connectivity index (χ0v) is 17.3. The molecule has 1 unspecified atom stereocenters. The first-order valence-electron chi connectivity index (χ1n) is 9.64. The van der Waals surface area contributed by atoms with Crippen molar-refractivity contribution in [2.75, 3.05) is 39.5 Å². The van der Waals surface area contributed by atoms with Gasteiger partial charge in [0.1, 0.15) is 4.21 Å². The van der Waals surface area contributed by atoms with Crippen LogP contribution in [0.5, 0.6) is 0 Å². The predicted octanol–water partition coefficient (Wildman–Crippen LogP) is 2.30. The minimum absolute atomic E-state index is 0.0563. The van der Waals surface area contributed by atoms with Crippen molar-refractivity contribution in [3.05, 3.63) is 29.2 Å². The highest BCUT2D eigenvalue weighted by atomic mass is 32.2. The van der Waals surface area contributed by atoms with Crippen LogP contribution in [0.1, 0.15) is 36.9 Å². The smallest absolute Gasteiger partial charge is 0.252 e. The van der Waals surface area contributed by atoms with Crippen molar-refractivity contribution >= 4 is 21.4 Å². The van der Waals surface area contributed by atoms with Gasteiger partial charge in [0.25, 0.3) is 10.0 Å². The molecule has 2 aliphatic heterocycles. The van der Waals surface area contributed by atoms with Crippen LogP contribution < -0.4 is 0 Å². The Kier molecular flexibility index (Phi) is 6.42. The van der Waals surface area contributed by atoms with Crippen molar-refractivity contribution in [1.82, 2.24) is 14.4 Å². The van der Waals surface area contributed by atoms with Gasteiger partial charge in [0.05, 0.1) is 12.5 Å². The third-order valence-electron chi connectivity index (χ3n) is 5.24. The Morgan fingerprint density at radius 2 is 2.14 bits per heavy atom. The first-order valence-corrected chi connectivity index (χ1v) is 12.0. The standard InChI is InChI=1S/C18H25N3O5S2/c22-28(23,17-2-1-11-27-17)21-7-3-15(12-21)18-19-16(20-26-18)6-10-25-13-14-4-8-24-9-5-14/h1-2,11,14-15H,3-10,12-13H2. The van der Waals surface area contributed by atoms with Crippen LogP contribution in [0.15, 0.2) is 26.2 Å². The molecule has 4 rings (SSSR count). The lowest BCUT2D eigenvalue weighted by atomic mass is 10.0. The van der Waals surface area contributed by atoms with E-state index in [2.05, 4.69) is 10.1 Å². The molecule has 2 aliphatic rings. The van der Waals surface area contributed by atoms with Crippen molar-refractivity contribution < 1.29 is 22.4 Å². The fraction of sp³-hybridized carbons (Fsp3) is 0.667. The second-order valence-corrected chi connectivity index (χ2v) is 10.3. The lowest BCUT2D eigenvalue weighted by Crippen LogP contribution is -2.28. The molecule has 0 N–H and O–H groups in total. The molecule has 0 aliphatic carbocycles. The number of sulfonamides is 1. The monoisotopic (exact) mass is 427 g/mol. The average Bonchev–Trinajstić information content (AvgIpc) is 3.47. The summed E-state index contributed by atoms with van der Waals surface area (Å²) in [5.41, 5.74) is 0. The topological polar surface area (TPSA) is 94.8 Å². The van der Waals surface area contributed by atoms with Gasteiger partial charge in [-0.1, -0.05) is 11.2 Å². The number of hydrogen-bond donors (Lipinski definition) is 0. The van der Waals surface area contributed by atoms with Crippen molar-refractivity contribution in [3.8, 4) is 0 Å². The lowest BCUT2D eigenvalue weighted by Gasteiger charge is -2.21. The molecule has 2 aromatic heterocycles. The number of ether oxygens (including phenoxy) is 2. The molecular weight excluding hydrogens is 402 g/mol. The molecular formula is C18H25N3O5S2. The van der Waals surface area contributed by atoms with Gasteiger partial charge in [0.2, 0.25) is 5.89 Å². The Labute approximate surface area is 168 Å². The van der Waals surface area contributed by atoms with Crippen LogP contribution in [0.4, 0.5) is 0 Å². The third-order valence-corrected chi connectivity index (χ3v) is 8.48. The van der Waals surface area contributed by atoms with Crippen LogP contribution in [0, 0.1) is 5.92 Å². The maximum atomic E-state index is 12.6. The first kappa shape index (κ1) is 20.0. The van der Waals surface area contributed by atoms with Gasteiger partial charge in [-0.15, -0.1) is 11.3 Å². The predicted molar refractivity (Wildman–Crippen MR) is 103 cm³/mol. The summed E-state index contributed by atoms with van der Waals surface area (Å²) in [6.07, 6.45) is 3.39. The number of nitrogens with zero attached hydrogens (tertiary/aromatic N) is 3. The number of aromatic nitrogens is 2. The van der Waals surface area contributed by atoms with E-state index in [0.29, 0.717) is 54.4 Å². The largest absolute Gasteiger partial charge is 0.381 e. The second kappa shape index (κ2) is 9.00. The zero-order chi connectivity index (χ0) is 19.4. The Balaban J connectivity index is 1.25. The number of rotatable bonds is 8. The summed E-state index contributed by atoms with van der Waals surface area (Å²) in [7, 11) is -3.42. The Morgan fingerprint density at radius 3 is 2.93 bits per heavy atom. The van der Waals surface area contributed by atoms with E-state index in [4.69, 9.17) is 14.0 Å². The van der Waals surface area contributed by atoms with Crippen molar-refractivity contribution in [2.24, 2.45) is 5.92 Å². The summed E-state index contributed by atoms with van der Waals surface area (Å²) in [5.74, 6) is 1.65. The van der Waals surface area contributed by atoms with Gasteiger partial charge in [-0.3, -0.25) is 0 Å². The SMILES string of the molecule is O=S(=O)(c1cccs1)N1CCC(c2nc(CCOCC3CCOCC3)no2)C1. The van der Waals surface area contributed by atoms with Crippen molar-refractivity contribution in [1.29, 1.82) is 0 Å². The van der Waals surface area contributed by atoms with E-state index >= 15 is 0 Å². The highest BCUT2D eigenvalue weighted by Crippen LogP contribution is 2.31. The maximum Gasteiger partial charge on any atom is 0.252 e.